The van der Waals surface area contributed by atoms with Crippen LogP contribution in [-0.2, 0) is 10.8 Å². The second-order valence-electron chi connectivity index (χ2n) is 5.83. The Morgan fingerprint density at radius 3 is 2.68 bits per heavy atom. The van der Waals surface area contributed by atoms with E-state index in [9.17, 15) is 9.00 Å². The molecular formula is C16H23ClN2O2S. The van der Waals surface area contributed by atoms with E-state index in [0.29, 0.717) is 11.6 Å². The molecule has 0 bridgehead atoms. The van der Waals surface area contributed by atoms with Crippen LogP contribution >= 0.6 is 11.6 Å². The fourth-order valence-corrected chi connectivity index (χ4v) is 4.07. The third kappa shape index (κ3) is 4.02. The zero-order valence-electron chi connectivity index (χ0n) is 13.0. The van der Waals surface area contributed by atoms with Gasteiger partial charge in [0.25, 0.3) is 0 Å². The van der Waals surface area contributed by atoms with Gasteiger partial charge in [-0.3, -0.25) is 4.21 Å². The lowest BCUT2D eigenvalue weighted by molar-refractivity contribution is 0.231. The van der Waals surface area contributed by atoms with Crippen LogP contribution in [0.1, 0.15) is 44.2 Å². The Labute approximate surface area is 139 Å². The van der Waals surface area contributed by atoms with Crippen LogP contribution in [0.25, 0.3) is 0 Å². The van der Waals surface area contributed by atoms with Gasteiger partial charge < -0.3 is 10.6 Å². The van der Waals surface area contributed by atoms with Gasteiger partial charge in [-0.15, -0.1) is 0 Å². The van der Waals surface area contributed by atoms with Crippen molar-refractivity contribution in [1.29, 1.82) is 0 Å². The summed E-state index contributed by atoms with van der Waals surface area (Å²) in [6.07, 6.45) is 5.42. The van der Waals surface area contributed by atoms with Gasteiger partial charge in [0.15, 0.2) is 0 Å². The summed E-state index contributed by atoms with van der Waals surface area (Å²) in [6, 6.07) is 7.21. The quantitative estimate of drug-likeness (QED) is 0.832. The van der Waals surface area contributed by atoms with E-state index in [2.05, 4.69) is 10.6 Å². The van der Waals surface area contributed by atoms with Gasteiger partial charge in [-0.2, -0.15) is 0 Å². The Morgan fingerprint density at radius 1 is 1.45 bits per heavy atom. The van der Waals surface area contributed by atoms with Crippen molar-refractivity contribution in [2.24, 2.45) is 0 Å². The highest BCUT2D eigenvalue weighted by Crippen LogP contribution is 2.36. The van der Waals surface area contributed by atoms with Crippen molar-refractivity contribution in [3.63, 3.8) is 0 Å². The smallest absolute Gasteiger partial charge is 0.315 e. The third-order valence-electron chi connectivity index (χ3n) is 4.41. The Hall–Kier alpha value is -1.07. The topological polar surface area (TPSA) is 58.2 Å². The van der Waals surface area contributed by atoms with Crippen LogP contribution in [0.15, 0.2) is 24.3 Å². The Bertz CT molecular complexity index is 561. The average Bonchev–Trinajstić information content (AvgIpc) is 2.43. The van der Waals surface area contributed by atoms with E-state index in [1.54, 1.807) is 6.26 Å². The largest absolute Gasteiger partial charge is 0.337 e. The highest BCUT2D eigenvalue weighted by molar-refractivity contribution is 7.85. The van der Waals surface area contributed by atoms with Gasteiger partial charge in [0.05, 0.1) is 10.8 Å². The minimum Gasteiger partial charge on any atom is -0.337 e. The number of urea groups is 1. The summed E-state index contributed by atoms with van der Waals surface area (Å²) in [7, 11) is -0.912. The van der Waals surface area contributed by atoms with Crippen LogP contribution < -0.4 is 10.6 Å². The molecule has 0 radical (unpaired) electrons. The molecule has 4 nitrogen and oxygen atoms in total. The lowest BCUT2D eigenvalue weighted by Gasteiger charge is -2.39. The highest BCUT2D eigenvalue weighted by Gasteiger charge is 2.41. The summed E-state index contributed by atoms with van der Waals surface area (Å²) < 4.78 is 11.6. The summed E-state index contributed by atoms with van der Waals surface area (Å²) in [4.78, 5) is 12.1. The minimum atomic E-state index is -0.912. The Kier molecular flexibility index (Phi) is 5.87. The number of hydrogen-bond donors (Lipinski definition) is 2. The molecule has 6 heteroatoms. The summed E-state index contributed by atoms with van der Waals surface area (Å²) in [5.41, 5.74) is 0.988. The maximum Gasteiger partial charge on any atom is 0.315 e. The summed E-state index contributed by atoms with van der Waals surface area (Å²) in [5.74, 6) is 0. The molecule has 1 aliphatic carbocycles. The molecule has 2 atom stereocenters. The molecule has 22 heavy (non-hydrogen) atoms. The second kappa shape index (κ2) is 7.47. The first-order valence-electron chi connectivity index (χ1n) is 7.60. The van der Waals surface area contributed by atoms with Crippen molar-refractivity contribution in [3.8, 4) is 0 Å². The van der Waals surface area contributed by atoms with Gasteiger partial charge in [0, 0.05) is 28.6 Å². The van der Waals surface area contributed by atoms with Crippen LogP contribution in [0.4, 0.5) is 4.79 Å². The van der Waals surface area contributed by atoms with Crippen molar-refractivity contribution in [2.45, 2.75) is 43.4 Å². The molecule has 0 saturated heterocycles. The van der Waals surface area contributed by atoms with Crippen molar-refractivity contribution >= 4 is 28.4 Å². The molecule has 2 rings (SSSR count). The number of benzene rings is 1. The SMILES string of the molecule is CC[C@H](NC(=O)NCC1([S@](C)=O)CCC1)c1cccc(Cl)c1. The van der Waals surface area contributed by atoms with Crippen LogP contribution in [0.3, 0.4) is 0 Å². The molecule has 0 unspecified atom stereocenters. The number of halogens is 1. The van der Waals surface area contributed by atoms with Gasteiger partial charge in [-0.25, -0.2) is 4.79 Å². The number of nitrogens with one attached hydrogen (secondary N) is 2. The molecule has 1 fully saturated rings. The number of carbonyl (C=O) groups excluding carboxylic acids is 1. The molecule has 1 aromatic carbocycles. The van der Waals surface area contributed by atoms with Gasteiger partial charge in [-0.05, 0) is 37.0 Å². The van der Waals surface area contributed by atoms with Crippen molar-refractivity contribution in [2.75, 3.05) is 12.8 Å². The molecule has 122 valence electrons. The third-order valence-corrected chi connectivity index (χ3v) is 6.42. The summed E-state index contributed by atoms with van der Waals surface area (Å²) in [5, 5.41) is 6.50. The number of hydrogen-bond acceptors (Lipinski definition) is 2. The van der Waals surface area contributed by atoms with Gasteiger partial charge in [0.2, 0.25) is 0 Å². The van der Waals surface area contributed by atoms with Crippen molar-refractivity contribution in [3.05, 3.63) is 34.9 Å². The van der Waals surface area contributed by atoms with E-state index < -0.39 is 10.8 Å². The van der Waals surface area contributed by atoms with E-state index in [0.717, 1.165) is 31.2 Å². The maximum atomic E-state index is 12.1. The first-order valence-corrected chi connectivity index (χ1v) is 9.54. The van der Waals surface area contributed by atoms with E-state index in [1.807, 2.05) is 31.2 Å². The van der Waals surface area contributed by atoms with E-state index in [1.165, 1.54) is 0 Å². The summed E-state index contributed by atoms with van der Waals surface area (Å²) >= 11 is 6.00. The van der Waals surface area contributed by atoms with Crippen molar-refractivity contribution < 1.29 is 9.00 Å². The second-order valence-corrected chi connectivity index (χ2v) is 8.04. The normalized spacial score (nSPS) is 18.9. The Morgan fingerprint density at radius 2 is 2.18 bits per heavy atom. The lowest BCUT2D eigenvalue weighted by atomic mass is 9.84. The fourth-order valence-electron chi connectivity index (χ4n) is 2.73. The fraction of sp³-hybridized carbons (Fsp3) is 0.562. The van der Waals surface area contributed by atoms with E-state index in [-0.39, 0.29) is 16.8 Å². The maximum absolute atomic E-state index is 12.1. The molecule has 1 aromatic rings. The minimum absolute atomic E-state index is 0.0804. The molecule has 0 heterocycles. The summed E-state index contributed by atoms with van der Waals surface area (Å²) in [6.45, 7) is 2.48. The van der Waals surface area contributed by atoms with E-state index >= 15 is 0 Å². The molecule has 0 aromatic heterocycles. The molecule has 0 aliphatic heterocycles. The molecule has 2 amide bonds. The highest BCUT2D eigenvalue weighted by atomic mass is 35.5. The van der Waals surface area contributed by atoms with E-state index in [4.69, 9.17) is 11.6 Å². The van der Waals surface area contributed by atoms with Crippen LogP contribution in [0.2, 0.25) is 5.02 Å². The van der Waals surface area contributed by atoms with Crippen LogP contribution in [-0.4, -0.2) is 27.8 Å². The number of rotatable bonds is 6. The lowest BCUT2D eigenvalue weighted by Crippen LogP contribution is -2.52. The van der Waals surface area contributed by atoms with Crippen molar-refractivity contribution in [1.82, 2.24) is 10.6 Å². The molecule has 1 saturated carbocycles. The van der Waals surface area contributed by atoms with Gasteiger partial charge in [0.1, 0.15) is 0 Å². The predicted molar refractivity (Wildman–Crippen MR) is 91.7 cm³/mol. The molecule has 1 aliphatic rings. The molecular weight excluding hydrogens is 320 g/mol. The zero-order chi connectivity index (χ0) is 16.2. The number of carbonyl (C=O) groups is 1. The Balaban J connectivity index is 1.91. The standard InChI is InChI=1S/C16H23ClN2O2S/c1-3-14(12-6-4-7-13(17)10-12)19-15(20)18-11-16(22(2)21)8-5-9-16/h4,6-7,10,14H,3,5,8-9,11H2,1-2H3,(H2,18,19,20)/t14-,22-/m0/s1. The van der Waals surface area contributed by atoms with Crippen LogP contribution in [0.5, 0.6) is 0 Å². The van der Waals surface area contributed by atoms with Crippen LogP contribution in [0, 0.1) is 0 Å². The molecule has 2 N–H and O–H groups in total. The first kappa shape index (κ1) is 17.3. The average molecular weight is 343 g/mol. The van der Waals surface area contributed by atoms with Gasteiger partial charge >= 0.3 is 6.03 Å². The number of amides is 2. The first-order chi connectivity index (χ1) is 10.5. The van der Waals surface area contributed by atoms with Gasteiger partial charge in [-0.1, -0.05) is 37.1 Å². The zero-order valence-corrected chi connectivity index (χ0v) is 14.6. The predicted octanol–water partition coefficient (Wildman–Crippen LogP) is 3.39. The monoisotopic (exact) mass is 342 g/mol. The molecule has 0 spiro atoms.